The molecule has 0 radical (unpaired) electrons. The fraction of sp³-hybridized carbons (Fsp3) is 0.588. The van der Waals surface area contributed by atoms with Crippen LogP contribution in [0.15, 0.2) is 17.1 Å². The van der Waals surface area contributed by atoms with E-state index in [0.29, 0.717) is 23.2 Å². The molecule has 0 atom stereocenters. The van der Waals surface area contributed by atoms with E-state index in [4.69, 9.17) is 19.9 Å². The first-order valence-electron chi connectivity index (χ1n) is 8.19. The van der Waals surface area contributed by atoms with Gasteiger partial charge in [0.15, 0.2) is 17.5 Å². The number of ether oxygens (including phenoxy) is 3. The molecule has 0 aliphatic carbocycles. The van der Waals surface area contributed by atoms with Crippen LogP contribution in [0.1, 0.15) is 12.5 Å². The van der Waals surface area contributed by atoms with Crippen molar-refractivity contribution >= 4 is 29.9 Å². The molecule has 1 aliphatic rings. The van der Waals surface area contributed by atoms with Gasteiger partial charge in [-0.05, 0) is 24.6 Å². The largest absolute Gasteiger partial charge is 0.493 e. The summed E-state index contributed by atoms with van der Waals surface area (Å²) in [5, 5.41) is 0. The van der Waals surface area contributed by atoms with Gasteiger partial charge in [0.05, 0.1) is 21.3 Å². The van der Waals surface area contributed by atoms with E-state index in [9.17, 15) is 0 Å². The Hall–Kier alpha value is -1.42. The molecule has 1 aliphatic heterocycles. The second kappa shape index (κ2) is 10.5. The molecule has 1 aromatic rings. The quantitative estimate of drug-likeness (QED) is 0.393. The Morgan fingerprint density at radius 1 is 1.04 bits per heavy atom. The molecule has 2 N–H and O–H groups in total. The van der Waals surface area contributed by atoms with Crippen molar-refractivity contribution in [3.05, 3.63) is 17.7 Å². The van der Waals surface area contributed by atoms with Crippen LogP contribution in [0, 0.1) is 0 Å². The lowest BCUT2D eigenvalue weighted by Crippen LogP contribution is -2.50. The fourth-order valence-corrected chi connectivity index (χ4v) is 2.88. The van der Waals surface area contributed by atoms with E-state index in [-0.39, 0.29) is 24.0 Å². The Bertz CT molecular complexity index is 550. The summed E-state index contributed by atoms with van der Waals surface area (Å²) in [6.07, 6.45) is 0. The fourth-order valence-electron chi connectivity index (χ4n) is 2.88. The van der Waals surface area contributed by atoms with Crippen molar-refractivity contribution in [2.45, 2.75) is 13.5 Å². The molecule has 25 heavy (non-hydrogen) atoms. The van der Waals surface area contributed by atoms with Crippen LogP contribution in [-0.4, -0.2) is 69.8 Å². The van der Waals surface area contributed by atoms with Gasteiger partial charge in [-0.15, -0.1) is 24.0 Å². The molecule has 0 unspecified atom stereocenters. The monoisotopic (exact) mass is 464 g/mol. The van der Waals surface area contributed by atoms with Gasteiger partial charge in [-0.1, -0.05) is 0 Å². The van der Waals surface area contributed by atoms with Crippen LogP contribution in [0.25, 0.3) is 0 Å². The van der Waals surface area contributed by atoms with Gasteiger partial charge in [0.2, 0.25) is 5.75 Å². The third kappa shape index (κ3) is 5.53. The van der Waals surface area contributed by atoms with E-state index >= 15 is 0 Å². The summed E-state index contributed by atoms with van der Waals surface area (Å²) in [5.41, 5.74) is 7.11. The third-order valence-electron chi connectivity index (χ3n) is 4.15. The number of methoxy groups -OCH3 is 3. The zero-order chi connectivity index (χ0) is 17.5. The minimum atomic E-state index is 0. The smallest absolute Gasteiger partial charge is 0.203 e. The summed E-state index contributed by atoms with van der Waals surface area (Å²) in [6.45, 7) is 7.20. The zero-order valence-electron chi connectivity index (χ0n) is 15.4. The van der Waals surface area contributed by atoms with Crippen molar-refractivity contribution in [1.29, 1.82) is 0 Å². The Morgan fingerprint density at radius 2 is 1.60 bits per heavy atom. The molecule has 1 saturated heterocycles. The Labute approximate surface area is 167 Å². The Kier molecular flexibility index (Phi) is 9.12. The average Bonchev–Trinajstić information content (AvgIpc) is 2.61. The van der Waals surface area contributed by atoms with Crippen LogP contribution in [0.3, 0.4) is 0 Å². The molecule has 2 rings (SSSR count). The second-order valence-electron chi connectivity index (χ2n) is 5.63. The maximum atomic E-state index is 5.98. The first kappa shape index (κ1) is 21.6. The van der Waals surface area contributed by atoms with E-state index in [1.165, 1.54) is 0 Å². The number of guanidine groups is 1. The van der Waals surface area contributed by atoms with E-state index in [1.54, 1.807) is 21.3 Å². The van der Waals surface area contributed by atoms with Gasteiger partial charge >= 0.3 is 0 Å². The summed E-state index contributed by atoms with van der Waals surface area (Å²) < 4.78 is 16.2. The SMILES string of the molecule is CCN=C(N)N1CCN(Cc2cc(OC)c(OC)c(OC)c2)CC1.I. The molecule has 0 saturated carbocycles. The molecular formula is C17H29IN4O3. The van der Waals surface area contributed by atoms with E-state index in [2.05, 4.69) is 14.8 Å². The van der Waals surface area contributed by atoms with Gasteiger partial charge in [-0.3, -0.25) is 9.89 Å². The minimum Gasteiger partial charge on any atom is -0.493 e. The van der Waals surface area contributed by atoms with Crippen LogP contribution < -0.4 is 19.9 Å². The molecule has 1 aromatic carbocycles. The highest BCUT2D eigenvalue weighted by molar-refractivity contribution is 14.0. The standard InChI is InChI=1S/C17H28N4O3.HI/c1-5-19-17(18)21-8-6-20(7-9-21)12-13-10-14(22-2)16(24-4)15(11-13)23-3;/h10-11H,5-9,12H2,1-4H3,(H2,18,19);1H. The molecule has 142 valence electrons. The lowest BCUT2D eigenvalue weighted by Gasteiger charge is -2.35. The number of benzene rings is 1. The summed E-state index contributed by atoms with van der Waals surface area (Å²) in [4.78, 5) is 8.80. The highest BCUT2D eigenvalue weighted by atomic mass is 127. The number of piperazine rings is 1. The van der Waals surface area contributed by atoms with E-state index in [1.807, 2.05) is 19.1 Å². The average molecular weight is 464 g/mol. The van der Waals surface area contributed by atoms with Gasteiger partial charge in [0.25, 0.3) is 0 Å². The van der Waals surface area contributed by atoms with Crippen LogP contribution in [-0.2, 0) is 6.54 Å². The van der Waals surface area contributed by atoms with Gasteiger partial charge in [0, 0.05) is 39.3 Å². The van der Waals surface area contributed by atoms with Crippen molar-refractivity contribution in [2.24, 2.45) is 10.7 Å². The molecule has 0 bridgehead atoms. The molecule has 1 heterocycles. The number of rotatable bonds is 6. The van der Waals surface area contributed by atoms with Crippen molar-refractivity contribution in [2.75, 3.05) is 54.1 Å². The summed E-state index contributed by atoms with van der Waals surface area (Å²) in [7, 11) is 4.88. The summed E-state index contributed by atoms with van der Waals surface area (Å²) in [6, 6.07) is 4.00. The van der Waals surface area contributed by atoms with Gasteiger partial charge < -0.3 is 24.8 Å². The lowest BCUT2D eigenvalue weighted by molar-refractivity contribution is 0.174. The molecule has 7 nitrogen and oxygen atoms in total. The van der Waals surface area contributed by atoms with E-state index < -0.39 is 0 Å². The molecule has 0 aromatic heterocycles. The number of halogens is 1. The summed E-state index contributed by atoms with van der Waals surface area (Å²) in [5.74, 6) is 2.64. The topological polar surface area (TPSA) is 72.6 Å². The molecule has 0 spiro atoms. The van der Waals surface area contributed by atoms with Crippen molar-refractivity contribution in [3.8, 4) is 17.2 Å². The third-order valence-corrected chi connectivity index (χ3v) is 4.15. The molecule has 8 heteroatoms. The van der Waals surface area contributed by atoms with Crippen molar-refractivity contribution in [3.63, 3.8) is 0 Å². The molecule has 1 fully saturated rings. The van der Waals surface area contributed by atoms with Crippen LogP contribution in [0.5, 0.6) is 17.2 Å². The van der Waals surface area contributed by atoms with Gasteiger partial charge in [0.1, 0.15) is 0 Å². The maximum Gasteiger partial charge on any atom is 0.203 e. The maximum absolute atomic E-state index is 5.98. The number of aliphatic imine (C=N–C) groups is 1. The summed E-state index contributed by atoms with van der Waals surface area (Å²) >= 11 is 0. The zero-order valence-corrected chi connectivity index (χ0v) is 17.8. The number of hydrogen-bond donors (Lipinski definition) is 1. The van der Waals surface area contributed by atoms with Crippen LogP contribution in [0.2, 0.25) is 0 Å². The Morgan fingerprint density at radius 3 is 2.04 bits per heavy atom. The second-order valence-corrected chi connectivity index (χ2v) is 5.63. The number of hydrogen-bond acceptors (Lipinski definition) is 5. The normalized spacial score (nSPS) is 15.5. The predicted octanol–water partition coefficient (Wildman–Crippen LogP) is 1.78. The van der Waals surface area contributed by atoms with Gasteiger partial charge in [-0.25, -0.2) is 0 Å². The number of nitrogens with zero attached hydrogens (tertiary/aromatic N) is 3. The predicted molar refractivity (Wildman–Crippen MR) is 111 cm³/mol. The van der Waals surface area contributed by atoms with Crippen molar-refractivity contribution < 1.29 is 14.2 Å². The van der Waals surface area contributed by atoms with E-state index in [0.717, 1.165) is 44.8 Å². The van der Waals surface area contributed by atoms with Gasteiger partial charge in [-0.2, -0.15) is 0 Å². The first-order chi connectivity index (χ1) is 11.6. The first-order valence-corrected chi connectivity index (χ1v) is 8.19. The van der Waals surface area contributed by atoms with Crippen LogP contribution >= 0.6 is 24.0 Å². The molecule has 0 amide bonds. The lowest BCUT2D eigenvalue weighted by atomic mass is 10.1. The highest BCUT2D eigenvalue weighted by Crippen LogP contribution is 2.38. The van der Waals surface area contributed by atoms with Crippen LogP contribution in [0.4, 0.5) is 0 Å². The molecular weight excluding hydrogens is 435 g/mol. The minimum absolute atomic E-state index is 0. The van der Waals surface area contributed by atoms with Crippen molar-refractivity contribution in [1.82, 2.24) is 9.80 Å². The number of nitrogens with two attached hydrogens (primary N) is 1. The highest BCUT2D eigenvalue weighted by Gasteiger charge is 2.20. The Balaban J connectivity index is 0.00000312.